The van der Waals surface area contributed by atoms with Gasteiger partial charge in [-0.1, -0.05) is 17.7 Å². The first kappa shape index (κ1) is 16.3. The summed E-state index contributed by atoms with van der Waals surface area (Å²) in [6.45, 7) is 2.62. The average molecular weight is 331 g/mol. The molecule has 0 aliphatic carbocycles. The molecule has 0 aromatic heterocycles. The van der Waals surface area contributed by atoms with Gasteiger partial charge in [-0.2, -0.15) is 0 Å². The number of hydrogen-bond donors (Lipinski definition) is 1. The van der Waals surface area contributed by atoms with E-state index in [9.17, 15) is 13.2 Å². The second kappa shape index (κ2) is 6.77. The Morgan fingerprint density at radius 2 is 2.14 bits per heavy atom. The summed E-state index contributed by atoms with van der Waals surface area (Å²) >= 11 is 5.99. The molecule has 116 valence electrons. The second-order valence-corrected chi connectivity index (χ2v) is 7.68. The molecule has 21 heavy (non-hydrogen) atoms. The number of carbonyl (C=O) groups is 1. The zero-order valence-electron chi connectivity index (χ0n) is 11.9. The molecule has 1 fully saturated rings. The molecule has 7 heteroatoms. The Bertz CT molecular complexity index is 631. The highest BCUT2D eigenvalue weighted by Crippen LogP contribution is 2.20. The van der Waals surface area contributed by atoms with Crippen LogP contribution in [0.4, 0.5) is 5.69 Å². The first-order chi connectivity index (χ1) is 9.88. The maximum absolute atomic E-state index is 11.9. The van der Waals surface area contributed by atoms with Crippen molar-refractivity contribution in [2.45, 2.75) is 26.2 Å². The normalized spacial score (nSPS) is 18.4. The van der Waals surface area contributed by atoms with Crippen LogP contribution in [0.25, 0.3) is 0 Å². The molecule has 1 aliphatic heterocycles. The van der Waals surface area contributed by atoms with E-state index >= 15 is 0 Å². The van der Waals surface area contributed by atoms with Crippen LogP contribution in [-0.4, -0.2) is 37.5 Å². The number of halogens is 1. The van der Waals surface area contributed by atoms with Gasteiger partial charge in [0.25, 0.3) is 0 Å². The fourth-order valence-electron chi connectivity index (χ4n) is 2.21. The van der Waals surface area contributed by atoms with E-state index in [0.29, 0.717) is 23.7 Å². The van der Waals surface area contributed by atoms with Gasteiger partial charge < -0.3 is 5.32 Å². The van der Waals surface area contributed by atoms with Crippen LogP contribution in [0, 0.1) is 6.92 Å². The minimum Gasteiger partial charge on any atom is -0.326 e. The topological polar surface area (TPSA) is 66.5 Å². The second-order valence-electron chi connectivity index (χ2n) is 5.18. The molecule has 1 heterocycles. The zero-order chi connectivity index (χ0) is 15.5. The van der Waals surface area contributed by atoms with Crippen molar-refractivity contribution < 1.29 is 13.2 Å². The summed E-state index contributed by atoms with van der Waals surface area (Å²) in [5.41, 5.74) is 1.56. The van der Waals surface area contributed by atoms with Crippen molar-refractivity contribution in [3.63, 3.8) is 0 Å². The number of hydrogen-bond acceptors (Lipinski definition) is 3. The van der Waals surface area contributed by atoms with Gasteiger partial charge in [0, 0.05) is 30.2 Å². The number of carbonyl (C=O) groups excluding carboxylic acids is 1. The zero-order valence-corrected chi connectivity index (χ0v) is 13.5. The molecule has 5 nitrogen and oxygen atoms in total. The Morgan fingerprint density at radius 1 is 1.38 bits per heavy atom. The lowest BCUT2D eigenvalue weighted by molar-refractivity contribution is -0.116. The quantitative estimate of drug-likeness (QED) is 0.921. The smallest absolute Gasteiger partial charge is 0.225 e. The Morgan fingerprint density at radius 3 is 2.81 bits per heavy atom. The minimum absolute atomic E-state index is 0.144. The van der Waals surface area contributed by atoms with Crippen LogP contribution < -0.4 is 5.32 Å². The fourth-order valence-corrected chi connectivity index (χ4v) is 4.00. The van der Waals surface area contributed by atoms with Gasteiger partial charge in [-0.25, -0.2) is 12.7 Å². The molecule has 1 N–H and O–H groups in total. The number of anilines is 1. The SMILES string of the molecule is Cc1ccc(NC(=O)CCN2CCCCS2(=O)=O)cc1Cl. The van der Waals surface area contributed by atoms with E-state index in [1.807, 2.05) is 13.0 Å². The Labute approximate surface area is 130 Å². The Balaban J connectivity index is 1.88. The van der Waals surface area contributed by atoms with Gasteiger partial charge in [0.15, 0.2) is 0 Å². The highest BCUT2D eigenvalue weighted by atomic mass is 35.5. The van der Waals surface area contributed by atoms with Crippen LogP contribution in [-0.2, 0) is 14.8 Å². The third kappa shape index (κ3) is 4.43. The molecule has 1 amide bonds. The molecule has 0 spiro atoms. The monoisotopic (exact) mass is 330 g/mol. The average Bonchev–Trinajstić information content (AvgIpc) is 2.41. The number of rotatable bonds is 4. The molecule has 1 aromatic rings. The van der Waals surface area contributed by atoms with E-state index in [2.05, 4.69) is 5.32 Å². The lowest BCUT2D eigenvalue weighted by atomic mass is 10.2. The fraction of sp³-hybridized carbons (Fsp3) is 0.500. The number of amides is 1. The molecule has 1 aromatic carbocycles. The van der Waals surface area contributed by atoms with E-state index in [1.165, 1.54) is 4.31 Å². The highest BCUT2D eigenvalue weighted by molar-refractivity contribution is 7.89. The Hall–Kier alpha value is -1.11. The summed E-state index contributed by atoms with van der Waals surface area (Å²) in [6, 6.07) is 5.29. The summed E-state index contributed by atoms with van der Waals surface area (Å²) in [6.07, 6.45) is 1.70. The van der Waals surface area contributed by atoms with Gasteiger partial charge in [-0.3, -0.25) is 4.79 Å². The predicted molar refractivity (Wildman–Crippen MR) is 84.0 cm³/mol. The molecule has 0 saturated carbocycles. The first-order valence-electron chi connectivity index (χ1n) is 6.92. The minimum atomic E-state index is -3.17. The molecule has 1 aliphatic rings. The third-order valence-electron chi connectivity index (χ3n) is 3.50. The molecule has 1 saturated heterocycles. The molecule has 0 radical (unpaired) electrons. The molecule has 0 unspecified atom stereocenters. The van der Waals surface area contributed by atoms with Crippen molar-refractivity contribution in [2.75, 3.05) is 24.2 Å². The lowest BCUT2D eigenvalue weighted by Gasteiger charge is -2.25. The molecular formula is C14H19ClN2O3S. The van der Waals surface area contributed by atoms with Crippen molar-refractivity contribution in [1.82, 2.24) is 4.31 Å². The van der Waals surface area contributed by atoms with Crippen LogP contribution in [0.2, 0.25) is 5.02 Å². The van der Waals surface area contributed by atoms with Crippen molar-refractivity contribution in [3.05, 3.63) is 28.8 Å². The summed E-state index contributed by atoms with van der Waals surface area (Å²) < 4.78 is 25.0. The van der Waals surface area contributed by atoms with Crippen LogP contribution in [0.3, 0.4) is 0 Å². The van der Waals surface area contributed by atoms with E-state index in [4.69, 9.17) is 11.6 Å². The van der Waals surface area contributed by atoms with E-state index in [-0.39, 0.29) is 24.6 Å². The van der Waals surface area contributed by atoms with Crippen molar-refractivity contribution in [1.29, 1.82) is 0 Å². The summed E-state index contributed by atoms with van der Waals surface area (Å²) in [4.78, 5) is 11.9. The van der Waals surface area contributed by atoms with Crippen molar-refractivity contribution in [3.8, 4) is 0 Å². The van der Waals surface area contributed by atoms with Gasteiger partial charge in [-0.15, -0.1) is 0 Å². The first-order valence-corrected chi connectivity index (χ1v) is 8.91. The van der Waals surface area contributed by atoms with Gasteiger partial charge in [-0.05, 0) is 37.5 Å². The maximum atomic E-state index is 11.9. The van der Waals surface area contributed by atoms with Gasteiger partial charge >= 0.3 is 0 Å². The molecule has 2 rings (SSSR count). The van der Waals surface area contributed by atoms with Crippen molar-refractivity contribution in [2.24, 2.45) is 0 Å². The third-order valence-corrected chi connectivity index (χ3v) is 5.86. The standard InChI is InChI=1S/C14H19ClN2O3S/c1-11-4-5-12(10-13(11)15)16-14(18)6-8-17-7-2-3-9-21(17,19)20/h4-5,10H,2-3,6-9H2,1H3,(H,16,18). The Kier molecular flexibility index (Phi) is 5.24. The summed E-state index contributed by atoms with van der Waals surface area (Å²) in [5, 5.41) is 3.32. The van der Waals surface area contributed by atoms with Crippen LogP contribution >= 0.6 is 11.6 Å². The summed E-state index contributed by atoms with van der Waals surface area (Å²) in [7, 11) is -3.17. The predicted octanol–water partition coefficient (Wildman–Crippen LogP) is 2.40. The van der Waals surface area contributed by atoms with E-state index in [0.717, 1.165) is 12.0 Å². The molecular weight excluding hydrogens is 312 g/mol. The van der Waals surface area contributed by atoms with Gasteiger partial charge in [0.1, 0.15) is 0 Å². The number of benzene rings is 1. The number of aryl methyl sites for hydroxylation is 1. The lowest BCUT2D eigenvalue weighted by Crippen LogP contribution is -2.39. The number of sulfonamides is 1. The largest absolute Gasteiger partial charge is 0.326 e. The number of nitrogens with zero attached hydrogens (tertiary/aromatic N) is 1. The number of nitrogens with one attached hydrogen (secondary N) is 1. The van der Waals surface area contributed by atoms with Crippen LogP contribution in [0.1, 0.15) is 24.8 Å². The van der Waals surface area contributed by atoms with Crippen LogP contribution in [0.5, 0.6) is 0 Å². The van der Waals surface area contributed by atoms with E-state index < -0.39 is 10.0 Å². The molecule has 0 bridgehead atoms. The van der Waals surface area contributed by atoms with Gasteiger partial charge in [0.05, 0.1) is 5.75 Å². The maximum Gasteiger partial charge on any atom is 0.225 e. The van der Waals surface area contributed by atoms with Crippen LogP contribution in [0.15, 0.2) is 18.2 Å². The van der Waals surface area contributed by atoms with Gasteiger partial charge in [0.2, 0.25) is 15.9 Å². The van der Waals surface area contributed by atoms with Crippen molar-refractivity contribution >= 4 is 33.2 Å². The van der Waals surface area contributed by atoms with E-state index in [1.54, 1.807) is 12.1 Å². The highest BCUT2D eigenvalue weighted by Gasteiger charge is 2.25. The molecule has 0 atom stereocenters. The summed E-state index contributed by atoms with van der Waals surface area (Å²) in [5.74, 6) is -0.0296.